The van der Waals surface area contributed by atoms with Crippen LogP contribution in [0.1, 0.15) is 39.3 Å². The Kier molecular flexibility index (Phi) is 5.52. The van der Waals surface area contributed by atoms with Gasteiger partial charge in [-0.05, 0) is 75.3 Å². The molecular weight excluding hydrogens is 393 g/mol. The van der Waals surface area contributed by atoms with Gasteiger partial charge < -0.3 is 15.0 Å². The van der Waals surface area contributed by atoms with Crippen molar-refractivity contribution in [1.29, 1.82) is 0 Å². The molecule has 122 valence electrons. The minimum Gasteiger partial charge on any atom is -0.444 e. The third-order valence-corrected chi connectivity index (χ3v) is 4.61. The second kappa shape index (κ2) is 7.02. The van der Waals surface area contributed by atoms with E-state index in [1.165, 1.54) is 3.57 Å². The molecule has 0 saturated carbocycles. The first-order valence-electron chi connectivity index (χ1n) is 7.62. The number of nitrogens with one attached hydrogen (secondary N) is 1. The SMILES string of the molecule is Cc1nc(N2CCCC(NC(=O)OC(C)(C)C)C2)ccc1I. The van der Waals surface area contributed by atoms with E-state index in [1.807, 2.05) is 33.8 Å². The van der Waals surface area contributed by atoms with Gasteiger partial charge in [0.1, 0.15) is 11.4 Å². The maximum atomic E-state index is 11.9. The fourth-order valence-electron chi connectivity index (χ4n) is 2.48. The molecular formula is C16H24IN3O2. The molecule has 1 amide bonds. The number of nitrogens with zero attached hydrogens (tertiary/aromatic N) is 2. The van der Waals surface area contributed by atoms with Crippen LogP contribution in [0.5, 0.6) is 0 Å². The Balaban J connectivity index is 1.96. The monoisotopic (exact) mass is 417 g/mol. The van der Waals surface area contributed by atoms with Crippen molar-refractivity contribution >= 4 is 34.5 Å². The predicted octanol–water partition coefficient (Wildman–Crippen LogP) is 3.49. The van der Waals surface area contributed by atoms with Gasteiger partial charge in [0.15, 0.2) is 0 Å². The molecule has 2 heterocycles. The van der Waals surface area contributed by atoms with Crippen LogP contribution in [0.2, 0.25) is 0 Å². The van der Waals surface area contributed by atoms with E-state index >= 15 is 0 Å². The van der Waals surface area contributed by atoms with Gasteiger partial charge in [0.2, 0.25) is 0 Å². The molecule has 22 heavy (non-hydrogen) atoms. The van der Waals surface area contributed by atoms with Gasteiger partial charge in [-0.1, -0.05) is 0 Å². The number of ether oxygens (including phenoxy) is 1. The number of piperidine rings is 1. The highest BCUT2D eigenvalue weighted by Gasteiger charge is 2.24. The lowest BCUT2D eigenvalue weighted by molar-refractivity contribution is 0.0500. The lowest BCUT2D eigenvalue weighted by atomic mass is 10.1. The molecule has 1 aliphatic heterocycles. The molecule has 1 aromatic rings. The summed E-state index contributed by atoms with van der Waals surface area (Å²) < 4.78 is 6.50. The number of anilines is 1. The summed E-state index contributed by atoms with van der Waals surface area (Å²) in [4.78, 5) is 18.8. The van der Waals surface area contributed by atoms with Gasteiger partial charge in [-0.25, -0.2) is 9.78 Å². The van der Waals surface area contributed by atoms with Crippen molar-refractivity contribution in [3.8, 4) is 0 Å². The Morgan fingerprint density at radius 3 is 2.82 bits per heavy atom. The Bertz CT molecular complexity index is 543. The summed E-state index contributed by atoms with van der Waals surface area (Å²) in [5.41, 5.74) is 0.577. The molecule has 0 aromatic carbocycles. The molecule has 1 aromatic heterocycles. The van der Waals surface area contributed by atoms with Gasteiger partial charge in [0.25, 0.3) is 0 Å². The highest BCUT2D eigenvalue weighted by molar-refractivity contribution is 14.1. The van der Waals surface area contributed by atoms with Crippen molar-refractivity contribution in [2.75, 3.05) is 18.0 Å². The Hall–Kier alpha value is -1.05. The smallest absolute Gasteiger partial charge is 0.407 e. The van der Waals surface area contributed by atoms with E-state index in [0.29, 0.717) is 0 Å². The van der Waals surface area contributed by atoms with E-state index in [1.54, 1.807) is 0 Å². The molecule has 0 aliphatic carbocycles. The minimum absolute atomic E-state index is 0.102. The van der Waals surface area contributed by atoms with Crippen molar-refractivity contribution < 1.29 is 9.53 Å². The van der Waals surface area contributed by atoms with Crippen LogP contribution < -0.4 is 10.2 Å². The van der Waals surface area contributed by atoms with Gasteiger partial charge in [-0.15, -0.1) is 0 Å². The molecule has 0 bridgehead atoms. The highest BCUT2D eigenvalue weighted by atomic mass is 127. The number of carbonyl (C=O) groups is 1. The molecule has 1 aliphatic rings. The lowest BCUT2D eigenvalue weighted by Gasteiger charge is -2.34. The van der Waals surface area contributed by atoms with Crippen LogP contribution in [0.4, 0.5) is 10.6 Å². The summed E-state index contributed by atoms with van der Waals surface area (Å²) in [7, 11) is 0. The van der Waals surface area contributed by atoms with Gasteiger partial charge in [-0.3, -0.25) is 0 Å². The maximum Gasteiger partial charge on any atom is 0.407 e. The number of alkyl carbamates (subject to hydrolysis) is 1. The van der Waals surface area contributed by atoms with Crippen LogP contribution in [0.3, 0.4) is 0 Å². The van der Waals surface area contributed by atoms with Crippen LogP contribution in [-0.2, 0) is 4.74 Å². The standard InChI is InChI=1S/C16H24IN3O2/c1-11-13(17)7-8-14(18-11)20-9-5-6-12(10-20)19-15(21)22-16(2,3)4/h7-8,12H,5-6,9-10H2,1-4H3,(H,19,21). The Morgan fingerprint density at radius 2 is 2.18 bits per heavy atom. The molecule has 1 atom stereocenters. The number of hydrogen-bond acceptors (Lipinski definition) is 4. The summed E-state index contributed by atoms with van der Waals surface area (Å²) in [5.74, 6) is 0.980. The second-order valence-electron chi connectivity index (χ2n) is 6.67. The van der Waals surface area contributed by atoms with Crippen molar-refractivity contribution in [2.45, 2.75) is 52.2 Å². The molecule has 1 saturated heterocycles. The fourth-order valence-corrected chi connectivity index (χ4v) is 2.78. The molecule has 5 nitrogen and oxygen atoms in total. The highest BCUT2D eigenvalue weighted by Crippen LogP contribution is 2.20. The number of hydrogen-bond donors (Lipinski definition) is 1. The summed E-state index contributed by atoms with van der Waals surface area (Å²) in [6, 6.07) is 4.23. The number of rotatable bonds is 2. The minimum atomic E-state index is -0.465. The van der Waals surface area contributed by atoms with E-state index in [4.69, 9.17) is 4.74 Å². The summed E-state index contributed by atoms with van der Waals surface area (Å²) in [6.07, 6.45) is 1.66. The number of aryl methyl sites for hydroxylation is 1. The van der Waals surface area contributed by atoms with Crippen LogP contribution in [0.15, 0.2) is 12.1 Å². The molecule has 1 unspecified atom stereocenters. The van der Waals surface area contributed by atoms with Gasteiger partial charge in [-0.2, -0.15) is 0 Å². The summed E-state index contributed by atoms with van der Waals surface area (Å²) >= 11 is 2.29. The van der Waals surface area contributed by atoms with Crippen LogP contribution in [-0.4, -0.2) is 35.8 Å². The Morgan fingerprint density at radius 1 is 1.45 bits per heavy atom. The van der Waals surface area contributed by atoms with E-state index < -0.39 is 5.60 Å². The topological polar surface area (TPSA) is 54.5 Å². The largest absolute Gasteiger partial charge is 0.444 e. The molecule has 0 radical (unpaired) electrons. The molecule has 1 fully saturated rings. The van der Waals surface area contributed by atoms with E-state index in [-0.39, 0.29) is 12.1 Å². The third-order valence-electron chi connectivity index (χ3n) is 3.47. The molecule has 2 rings (SSSR count). The van der Waals surface area contributed by atoms with Crippen molar-refractivity contribution in [1.82, 2.24) is 10.3 Å². The molecule has 1 N–H and O–H groups in total. The van der Waals surface area contributed by atoms with Gasteiger partial charge in [0, 0.05) is 22.7 Å². The normalized spacial score (nSPS) is 19.0. The molecule has 0 spiro atoms. The average Bonchev–Trinajstić information content (AvgIpc) is 2.40. The van der Waals surface area contributed by atoms with Crippen LogP contribution in [0, 0.1) is 10.5 Å². The van der Waals surface area contributed by atoms with E-state index in [9.17, 15) is 4.79 Å². The zero-order valence-electron chi connectivity index (χ0n) is 13.6. The number of carbonyl (C=O) groups excluding carboxylic acids is 1. The van der Waals surface area contributed by atoms with Crippen LogP contribution in [0.25, 0.3) is 0 Å². The average molecular weight is 417 g/mol. The summed E-state index contributed by atoms with van der Waals surface area (Å²) in [6.45, 7) is 9.38. The van der Waals surface area contributed by atoms with Crippen LogP contribution >= 0.6 is 22.6 Å². The Labute approximate surface area is 146 Å². The zero-order valence-corrected chi connectivity index (χ0v) is 15.8. The van der Waals surface area contributed by atoms with Gasteiger partial charge >= 0.3 is 6.09 Å². The first-order valence-corrected chi connectivity index (χ1v) is 8.70. The second-order valence-corrected chi connectivity index (χ2v) is 7.83. The zero-order chi connectivity index (χ0) is 16.3. The van der Waals surface area contributed by atoms with Gasteiger partial charge in [0.05, 0.1) is 5.69 Å². The lowest BCUT2D eigenvalue weighted by Crippen LogP contribution is -2.49. The van der Waals surface area contributed by atoms with Crippen molar-refractivity contribution in [3.05, 3.63) is 21.4 Å². The predicted molar refractivity (Wildman–Crippen MR) is 96.3 cm³/mol. The maximum absolute atomic E-state index is 11.9. The number of aromatic nitrogens is 1. The first kappa shape index (κ1) is 17.3. The quantitative estimate of drug-likeness (QED) is 0.749. The summed E-state index contributed by atoms with van der Waals surface area (Å²) in [5, 5.41) is 2.97. The first-order chi connectivity index (χ1) is 10.2. The van der Waals surface area contributed by atoms with Crippen molar-refractivity contribution in [3.63, 3.8) is 0 Å². The van der Waals surface area contributed by atoms with E-state index in [2.05, 4.69) is 43.9 Å². The fraction of sp³-hybridized carbons (Fsp3) is 0.625. The third kappa shape index (κ3) is 5.00. The van der Waals surface area contributed by atoms with E-state index in [0.717, 1.165) is 37.4 Å². The number of halogens is 1. The van der Waals surface area contributed by atoms with Crippen molar-refractivity contribution in [2.24, 2.45) is 0 Å². The number of pyridine rings is 1. The number of amides is 1. The molecule has 6 heteroatoms.